The second-order valence-corrected chi connectivity index (χ2v) is 5.23. The Labute approximate surface area is 115 Å². The molecule has 0 saturated carbocycles. The minimum atomic E-state index is -0.00374. The molecule has 104 valence electrons. The predicted octanol–water partition coefficient (Wildman–Crippen LogP) is 3.61. The van der Waals surface area contributed by atoms with Crippen molar-refractivity contribution in [3.05, 3.63) is 30.3 Å². The number of benzene rings is 1. The summed E-state index contributed by atoms with van der Waals surface area (Å²) < 4.78 is 5.42. The van der Waals surface area contributed by atoms with Gasteiger partial charge >= 0.3 is 5.97 Å². The third-order valence-electron chi connectivity index (χ3n) is 3.63. The summed E-state index contributed by atoms with van der Waals surface area (Å²) in [6.45, 7) is 2.89. The second kappa shape index (κ2) is 7.17. The molecule has 0 bridgehead atoms. The van der Waals surface area contributed by atoms with Crippen LogP contribution in [0.1, 0.15) is 39.0 Å². The Hall–Kier alpha value is -1.51. The summed E-state index contributed by atoms with van der Waals surface area (Å²) in [6, 6.07) is 10.0. The molecule has 2 atom stereocenters. The van der Waals surface area contributed by atoms with E-state index in [4.69, 9.17) is 4.74 Å². The first-order valence-electron chi connectivity index (χ1n) is 7.29. The lowest BCUT2D eigenvalue weighted by molar-refractivity contribution is -0.144. The van der Waals surface area contributed by atoms with Crippen LogP contribution in [0.2, 0.25) is 0 Å². The van der Waals surface area contributed by atoms with Crippen molar-refractivity contribution < 1.29 is 9.53 Å². The van der Waals surface area contributed by atoms with Gasteiger partial charge in [0.25, 0.3) is 0 Å². The molecule has 1 aliphatic rings. The maximum absolute atomic E-state index is 11.7. The third kappa shape index (κ3) is 4.27. The molecule has 0 radical (unpaired) electrons. The zero-order chi connectivity index (χ0) is 13.5. The molecule has 0 aromatic heterocycles. The van der Waals surface area contributed by atoms with E-state index in [-0.39, 0.29) is 18.0 Å². The van der Waals surface area contributed by atoms with Crippen molar-refractivity contribution in [2.24, 2.45) is 5.92 Å². The zero-order valence-electron chi connectivity index (χ0n) is 11.6. The molecule has 0 amide bonds. The van der Waals surface area contributed by atoms with Crippen molar-refractivity contribution in [3.63, 3.8) is 0 Å². The van der Waals surface area contributed by atoms with Gasteiger partial charge in [0, 0.05) is 5.69 Å². The molecule has 1 heterocycles. The van der Waals surface area contributed by atoms with Gasteiger partial charge in [-0.3, -0.25) is 4.79 Å². The van der Waals surface area contributed by atoms with E-state index in [9.17, 15) is 4.79 Å². The molecule has 1 fully saturated rings. The highest BCUT2D eigenvalue weighted by molar-refractivity contribution is 5.74. The molecular weight excluding hydrogens is 238 g/mol. The van der Waals surface area contributed by atoms with Gasteiger partial charge in [-0.1, -0.05) is 44.4 Å². The van der Waals surface area contributed by atoms with E-state index in [1.165, 1.54) is 12.8 Å². The topological polar surface area (TPSA) is 38.3 Å². The van der Waals surface area contributed by atoms with E-state index < -0.39 is 0 Å². The molecule has 2 unspecified atom stereocenters. The van der Waals surface area contributed by atoms with Crippen molar-refractivity contribution in [1.82, 2.24) is 0 Å². The largest absolute Gasteiger partial charge is 0.460 e. The summed E-state index contributed by atoms with van der Waals surface area (Å²) in [5, 5.41) is 3.32. The van der Waals surface area contributed by atoms with Crippen LogP contribution < -0.4 is 5.32 Å². The molecule has 1 aromatic carbocycles. The first-order chi connectivity index (χ1) is 9.29. The third-order valence-corrected chi connectivity index (χ3v) is 3.63. The zero-order valence-corrected chi connectivity index (χ0v) is 11.6. The van der Waals surface area contributed by atoms with Crippen molar-refractivity contribution >= 4 is 11.7 Å². The number of anilines is 1. The van der Waals surface area contributed by atoms with Crippen LogP contribution in [0.5, 0.6) is 0 Å². The lowest BCUT2D eigenvalue weighted by Crippen LogP contribution is -2.19. The average molecular weight is 261 g/mol. The molecule has 0 spiro atoms. The highest BCUT2D eigenvalue weighted by Gasteiger charge is 2.33. The molecule has 3 heteroatoms. The number of hydrogen-bond acceptors (Lipinski definition) is 3. The second-order valence-electron chi connectivity index (χ2n) is 5.23. The monoisotopic (exact) mass is 261 g/mol. The molecule has 1 aliphatic heterocycles. The fraction of sp³-hybridized carbons (Fsp3) is 0.562. The van der Waals surface area contributed by atoms with Crippen LogP contribution in [0.3, 0.4) is 0 Å². The highest BCUT2D eigenvalue weighted by Crippen LogP contribution is 2.26. The highest BCUT2D eigenvalue weighted by atomic mass is 16.6. The van der Waals surface area contributed by atoms with E-state index in [0.29, 0.717) is 6.54 Å². The van der Waals surface area contributed by atoms with Gasteiger partial charge in [0.2, 0.25) is 0 Å². The molecule has 1 aromatic rings. The first kappa shape index (κ1) is 13.9. The SMILES string of the molecule is CCCCCC1CC(CNc2ccccc2)OC1=O. The summed E-state index contributed by atoms with van der Waals surface area (Å²) in [5.74, 6) is 0.116. The Bertz CT molecular complexity index is 391. The van der Waals surface area contributed by atoms with Crippen molar-refractivity contribution in [2.45, 2.75) is 45.1 Å². The van der Waals surface area contributed by atoms with Crippen LogP contribution in [0.25, 0.3) is 0 Å². The Morgan fingerprint density at radius 2 is 2.05 bits per heavy atom. The van der Waals surface area contributed by atoms with Gasteiger partial charge in [0.05, 0.1) is 12.5 Å². The van der Waals surface area contributed by atoms with E-state index in [1.807, 2.05) is 30.3 Å². The first-order valence-corrected chi connectivity index (χ1v) is 7.29. The lowest BCUT2D eigenvalue weighted by Gasteiger charge is -2.11. The maximum atomic E-state index is 11.7. The molecule has 1 N–H and O–H groups in total. The summed E-state index contributed by atoms with van der Waals surface area (Å²) >= 11 is 0. The number of nitrogens with one attached hydrogen (secondary N) is 1. The van der Waals surface area contributed by atoms with E-state index in [0.717, 1.165) is 24.9 Å². The van der Waals surface area contributed by atoms with Gasteiger partial charge in [-0.2, -0.15) is 0 Å². The lowest BCUT2D eigenvalue weighted by atomic mass is 9.98. The summed E-state index contributed by atoms with van der Waals surface area (Å²) in [7, 11) is 0. The van der Waals surface area contributed by atoms with Crippen LogP contribution in [0.4, 0.5) is 5.69 Å². The Balaban J connectivity index is 1.73. The molecular formula is C16H23NO2. The minimum absolute atomic E-state index is 0.00374. The Morgan fingerprint density at radius 3 is 2.79 bits per heavy atom. The number of unbranched alkanes of at least 4 members (excludes halogenated alkanes) is 2. The number of carbonyl (C=O) groups is 1. The number of carbonyl (C=O) groups excluding carboxylic acids is 1. The van der Waals surface area contributed by atoms with Crippen molar-refractivity contribution in [2.75, 3.05) is 11.9 Å². The van der Waals surface area contributed by atoms with E-state index in [1.54, 1.807) is 0 Å². The van der Waals surface area contributed by atoms with E-state index in [2.05, 4.69) is 12.2 Å². The average Bonchev–Trinajstić information content (AvgIpc) is 2.79. The normalized spacial score (nSPS) is 22.3. The van der Waals surface area contributed by atoms with Crippen molar-refractivity contribution in [1.29, 1.82) is 0 Å². The molecule has 2 rings (SSSR count). The number of esters is 1. The van der Waals surface area contributed by atoms with Crippen LogP contribution in [-0.4, -0.2) is 18.6 Å². The molecule has 3 nitrogen and oxygen atoms in total. The Morgan fingerprint density at radius 1 is 1.26 bits per heavy atom. The van der Waals surface area contributed by atoms with Crippen LogP contribution in [0, 0.1) is 5.92 Å². The number of para-hydroxylation sites is 1. The van der Waals surface area contributed by atoms with Gasteiger partial charge in [-0.15, -0.1) is 0 Å². The number of hydrogen-bond donors (Lipinski definition) is 1. The standard InChI is InChI=1S/C16H23NO2/c1-2-3-5-8-13-11-15(19-16(13)18)12-17-14-9-6-4-7-10-14/h4,6-7,9-10,13,15,17H,2-3,5,8,11-12H2,1H3. The number of rotatable bonds is 7. The summed E-state index contributed by atoms with van der Waals surface area (Å²) in [4.78, 5) is 11.7. The summed E-state index contributed by atoms with van der Waals surface area (Å²) in [6.07, 6.45) is 5.41. The molecule has 1 saturated heterocycles. The van der Waals surface area contributed by atoms with Gasteiger partial charge in [-0.25, -0.2) is 0 Å². The van der Waals surface area contributed by atoms with E-state index >= 15 is 0 Å². The smallest absolute Gasteiger partial charge is 0.309 e. The minimum Gasteiger partial charge on any atom is -0.460 e. The predicted molar refractivity (Wildman–Crippen MR) is 77.1 cm³/mol. The van der Waals surface area contributed by atoms with Gasteiger partial charge < -0.3 is 10.1 Å². The fourth-order valence-corrected chi connectivity index (χ4v) is 2.51. The number of cyclic esters (lactones) is 1. The maximum Gasteiger partial charge on any atom is 0.309 e. The Kier molecular flexibility index (Phi) is 5.25. The van der Waals surface area contributed by atoms with Gasteiger partial charge in [-0.05, 0) is 25.0 Å². The number of ether oxygens (including phenoxy) is 1. The van der Waals surface area contributed by atoms with Crippen LogP contribution in [-0.2, 0) is 9.53 Å². The van der Waals surface area contributed by atoms with Crippen molar-refractivity contribution in [3.8, 4) is 0 Å². The fourth-order valence-electron chi connectivity index (χ4n) is 2.51. The van der Waals surface area contributed by atoms with Crippen LogP contribution in [0.15, 0.2) is 30.3 Å². The molecule has 19 heavy (non-hydrogen) atoms. The van der Waals surface area contributed by atoms with Gasteiger partial charge in [0.15, 0.2) is 0 Å². The van der Waals surface area contributed by atoms with Gasteiger partial charge in [0.1, 0.15) is 6.10 Å². The van der Waals surface area contributed by atoms with Crippen LogP contribution >= 0.6 is 0 Å². The quantitative estimate of drug-likeness (QED) is 0.602. The summed E-state index contributed by atoms with van der Waals surface area (Å²) in [5.41, 5.74) is 1.08. The molecule has 0 aliphatic carbocycles.